The second-order valence-electron chi connectivity index (χ2n) is 5.09. The zero-order valence-electron chi connectivity index (χ0n) is 11.4. The summed E-state index contributed by atoms with van der Waals surface area (Å²) in [6.07, 6.45) is 4.58. The molecule has 2 aliphatic heterocycles. The molecule has 3 rings (SSSR count). The Morgan fingerprint density at radius 1 is 1.42 bits per heavy atom. The first-order chi connectivity index (χ1) is 9.40. The van der Waals surface area contributed by atoms with Crippen molar-refractivity contribution in [2.24, 2.45) is 0 Å². The molecule has 0 radical (unpaired) electrons. The molecular weight excluding hydrogens is 254 g/mol. The second kappa shape index (κ2) is 6.02. The van der Waals surface area contributed by atoms with Gasteiger partial charge in [-0.15, -0.1) is 11.8 Å². The topological polar surface area (TPSA) is 21.3 Å². The van der Waals surface area contributed by atoms with E-state index in [2.05, 4.69) is 42.6 Å². The lowest BCUT2D eigenvalue weighted by atomic mass is 9.91. The highest BCUT2D eigenvalue weighted by Crippen LogP contribution is 2.42. The summed E-state index contributed by atoms with van der Waals surface area (Å²) in [7, 11) is 0. The third-order valence-electron chi connectivity index (χ3n) is 3.83. The van der Waals surface area contributed by atoms with Crippen LogP contribution in [0.5, 0.6) is 0 Å². The van der Waals surface area contributed by atoms with E-state index in [-0.39, 0.29) is 0 Å². The van der Waals surface area contributed by atoms with Gasteiger partial charge in [-0.05, 0) is 37.1 Å². The number of fused-ring (bicyclic) bond motifs is 1. The Bertz CT molecular complexity index is 472. The fourth-order valence-electron chi connectivity index (χ4n) is 2.92. The van der Waals surface area contributed by atoms with E-state index >= 15 is 0 Å². The molecule has 2 heterocycles. The van der Waals surface area contributed by atoms with E-state index in [1.165, 1.54) is 10.5 Å². The van der Waals surface area contributed by atoms with E-state index in [9.17, 15) is 0 Å². The van der Waals surface area contributed by atoms with E-state index in [0.717, 1.165) is 37.5 Å². The van der Waals surface area contributed by atoms with Gasteiger partial charge in [0.2, 0.25) is 0 Å². The number of nitrogens with one attached hydrogen (secondary N) is 1. The first-order valence-electron chi connectivity index (χ1n) is 7.18. The maximum Gasteiger partial charge on any atom is 0.110 e. The summed E-state index contributed by atoms with van der Waals surface area (Å²) < 4.78 is 5.91. The van der Waals surface area contributed by atoms with E-state index in [1.54, 1.807) is 0 Å². The number of ether oxygens (including phenoxy) is 1. The van der Waals surface area contributed by atoms with Gasteiger partial charge in [-0.2, -0.15) is 0 Å². The number of allylic oxidation sites excluding steroid dienone is 1. The summed E-state index contributed by atoms with van der Waals surface area (Å²) in [5.74, 6) is 2.85. The summed E-state index contributed by atoms with van der Waals surface area (Å²) in [4.78, 5) is 1.44. The van der Waals surface area contributed by atoms with E-state index in [4.69, 9.17) is 4.74 Å². The summed E-state index contributed by atoms with van der Waals surface area (Å²) >= 11 is 1.97. The van der Waals surface area contributed by atoms with Crippen molar-refractivity contribution in [1.29, 1.82) is 0 Å². The van der Waals surface area contributed by atoms with Crippen LogP contribution in [0.4, 0.5) is 0 Å². The van der Waals surface area contributed by atoms with Crippen LogP contribution in [-0.2, 0) is 4.74 Å². The highest BCUT2D eigenvalue weighted by atomic mass is 32.2. The highest BCUT2D eigenvalue weighted by molar-refractivity contribution is 7.99. The van der Waals surface area contributed by atoms with Gasteiger partial charge in [0.05, 0.1) is 12.6 Å². The van der Waals surface area contributed by atoms with E-state index in [0.29, 0.717) is 12.0 Å². The SMILES string of the molecule is CCNC(C1=CCCCO1)C1CSc2ccccc21. The molecule has 0 aliphatic carbocycles. The Labute approximate surface area is 119 Å². The van der Waals surface area contributed by atoms with Crippen LogP contribution >= 0.6 is 11.8 Å². The van der Waals surface area contributed by atoms with Crippen LogP contribution in [0.3, 0.4) is 0 Å². The van der Waals surface area contributed by atoms with Gasteiger partial charge in [0.1, 0.15) is 5.76 Å². The van der Waals surface area contributed by atoms with Crippen LogP contribution in [0, 0.1) is 0 Å². The lowest BCUT2D eigenvalue weighted by molar-refractivity contribution is 0.162. The number of thioether (sulfide) groups is 1. The van der Waals surface area contributed by atoms with Crippen molar-refractivity contribution in [3.8, 4) is 0 Å². The number of hydrogen-bond acceptors (Lipinski definition) is 3. The molecule has 3 heteroatoms. The molecule has 0 bridgehead atoms. The minimum Gasteiger partial charge on any atom is -0.497 e. The molecule has 0 aromatic heterocycles. The largest absolute Gasteiger partial charge is 0.497 e. The minimum absolute atomic E-state index is 0.335. The molecule has 1 aromatic rings. The van der Waals surface area contributed by atoms with Gasteiger partial charge in [0.25, 0.3) is 0 Å². The molecule has 0 saturated carbocycles. The standard InChI is InChI=1S/C16H21NOS/c1-2-17-16(14-8-5-6-10-18-14)13-11-19-15-9-4-3-7-12(13)15/h3-4,7-9,13,16-17H,2,5-6,10-11H2,1H3. The van der Waals surface area contributed by atoms with Gasteiger partial charge >= 0.3 is 0 Å². The van der Waals surface area contributed by atoms with Crippen molar-refractivity contribution in [2.75, 3.05) is 18.9 Å². The molecule has 2 atom stereocenters. The van der Waals surface area contributed by atoms with Crippen LogP contribution in [0.1, 0.15) is 31.2 Å². The average Bonchev–Trinajstić information content (AvgIpc) is 2.89. The van der Waals surface area contributed by atoms with Crippen molar-refractivity contribution in [3.05, 3.63) is 41.7 Å². The van der Waals surface area contributed by atoms with Crippen LogP contribution in [-0.4, -0.2) is 24.9 Å². The zero-order chi connectivity index (χ0) is 13.1. The molecule has 2 aliphatic rings. The van der Waals surface area contributed by atoms with Crippen LogP contribution in [0.15, 0.2) is 41.0 Å². The Kier molecular flexibility index (Phi) is 4.14. The fraction of sp³-hybridized carbons (Fsp3) is 0.500. The van der Waals surface area contributed by atoms with E-state index in [1.807, 2.05) is 11.8 Å². The predicted molar refractivity (Wildman–Crippen MR) is 80.6 cm³/mol. The maximum absolute atomic E-state index is 5.91. The third-order valence-corrected chi connectivity index (χ3v) is 5.04. The van der Waals surface area contributed by atoms with Crippen LogP contribution < -0.4 is 5.32 Å². The molecule has 1 N–H and O–H groups in total. The van der Waals surface area contributed by atoms with Crippen molar-refractivity contribution >= 4 is 11.8 Å². The zero-order valence-corrected chi connectivity index (χ0v) is 12.2. The van der Waals surface area contributed by atoms with Crippen molar-refractivity contribution in [3.63, 3.8) is 0 Å². The number of rotatable bonds is 4. The molecule has 2 unspecified atom stereocenters. The number of hydrogen-bond donors (Lipinski definition) is 1. The molecule has 0 spiro atoms. The smallest absolute Gasteiger partial charge is 0.110 e. The summed E-state index contributed by atoms with van der Waals surface area (Å²) in [5, 5.41) is 3.63. The third kappa shape index (κ3) is 2.67. The molecular formula is C16H21NOS. The molecule has 19 heavy (non-hydrogen) atoms. The minimum atomic E-state index is 0.335. The highest BCUT2D eigenvalue weighted by Gasteiger charge is 2.33. The van der Waals surface area contributed by atoms with E-state index < -0.39 is 0 Å². The normalized spacial score (nSPS) is 23.4. The predicted octanol–water partition coefficient (Wildman–Crippen LogP) is 3.55. The molecule has 0 amide bonds. The fourth-order valence-corrected chi connectivity index (χ4v) is 4.21. The lowest BCUT2D eigenvalue weighted by Gasteiger charge is -2.29. The maximum atomic E-state index is 5.91. The second-order valence-corrected chi connectivity index (χ2v) is 6.15. The van der Waals surface area contributed by atoms with Crippen LogP contribution in [0.25, 0.3) is 0 Å². The number of likely N-dealkylation sites (N-methyl/N-ethyl adjacent to an activating group) is 1. The Hall–Kier alpha value is -0.930. The van der Waals surface area contributed by atoms with Crippen LogP contribution in [0.2, 0.25) is 0 Å². The monoisotopic (exact) mass is 275 g/mol. The molecule has 0 fully saturated rings. The average molecular weight is 275 g/mol. The van der Waals surface area contributed by atoms with Gasteiger partial charge in [0, 0.05) is 16.6 Å². The van der Waals surface area contributed by atoms with Crippen molar-refractivity contribution in [1.82, 2.24) is 5.32 Å². The van der Waals surface area contributed by atoms with Gasteiger partial charge in [-0.1, -0.05) is 25.1 Å². The van der Waals surface area contributed by atoms with Gasteiger partial charge in [-0.3, -0.25) is 0 Å². The Morgan fingerprint density at radius 2 is 2.32 bits per heavy atom. The number of benzene rings is 1. The van der Waals surface area contributed by atoms with Crippen molar-refractivity contribution < 1.29 is 4.74 Å². The first-order valence-corrected chi connectivity index (χ1v) is 8.16. The summed E-state index contributed by atoms with van der Waals surface area (Å²) in [6, 6.07) is 9.12. The summed E-state index contributed by atoms with van der Waals surface area (Å²) in [6.45, 7) is 4.02. The Balaban J connectivity index is 1.87. The Morgan fingerprint density at radius 3 is 3.11 bits per heavy atom. The van der Waals surface area contributed by atoms with Gasteiger partial charge < -0.3 is 10.1 Å². The van der Waals surface area contributed by atoms with Gasteiger partial charge in [-0.25, -0.2) is 0 Å². The molecule has 0 saturated heterocycles. The first kappa shape index (κ1) is 13.1. The summed E-state index contributed by atoms with van der Waals surface area (Å²) in [5.41, 5.74) is 1.48. The quantitative estimate of drug-likeness (QED) is 0.908. The molecule has 1 aromatic carbocycles. The lowest BCUT2D eigenvalue weighted by Crippen LogP contribution is -2.38. The molecule has 102 valence electrons. The van der Waals surface area contributed by atoms with Crippen molar-refractivity contribution in [2.45, 2.75) is 36.6 Å². The molecule has 2 nitrogen and oxygen atoms in total. The van der Waals surface area contributed by atoms with Gasteiger partial charge in [0.15, 0.2) is 0 Å².